The first-order valence-corrected chi connectivity index (χ1v) is 8.62. The second-order valence-electron chi connectivity index (χ2n) is 5.73. The van der Waals surface area contributed by atoms with Crippen LogP contribution >= 0.6 is 0 Å². The van der Waals surface area contributed by atoms with E-state index in [0.717, 1.165) is 22.3 Å². The summed E-state index contributed by atoms with van der Waals surface area (Å²) in [5.74, 6) is 0.587. The van der Waals surface area contributed by atoms with E-state index in [4.69, 9.17) is 9.47 Å². The highest BCUT2D eigenvalue weighted by Crippen LogP contribution is 2.14. The lowest BCUT2D eigenvalue weighted by atomic mass is 10.2. The highest BCUT2D eigenvalue weighted by molar-refractivity contribution is 5.73. The van der Waals surface area contributed by atoms with Crippen molar-refractivity contribution in [3.63, 3.8) is 0 Å². The van der Waals surface area contributed by atoms with Gasteiger partial charge in [0.1, 0.15) is 11.3 Å². The number of ether oxygens (including phenoxy) is 2. The van der Waals surface area contributed by atoms with Gasteiger partial charge in [-0.25, -0.2) is 4.68 Å². The quantitative estimate of drug-likeness (QED) is 0.470. The van der Waals surface area contributed by atoms with Crippen LogP contribution in [0.1, 0.15) is 18.9 Å². The van der Waals surface area contributed by atoms with Crippen molar-refractivity contribution in [1.29, 1.82) is 0 Å². The first kappa shape index (κ1) is 17.9. The number of carbonyl (C=O) groups excluding carboxylic acids is 1. The Kier molecular flexibility index (Phi) is 6.16. The summed E-state index contributed by atoms with van der Waals surface area (Å²) in [6, 6.07) is 15.6. The Bertz CT molecular complexity index is 845. The van der Waals surface area contributed by atoms with Gasteiger partial charge in [-0.2, -0.15) is 0 Å². The number of esters is 1. The third-order valence-electron chi connectivity index (χ3n) is 3.84. The van der Waals surface area contributed by atoms with Crippen molar-refractivity contribution in [1.82, 2.24) is 20.3 Å². The van der Waals surface area contributed by atoms with Crippen molar-refractivity contribution in [2.24, 2.45) is 0 Å². The maximum Gasteiger partial charge on any atom is 0.307 e. The van der Waals surface area contributed by atoms with Crippen LogP contribution in [-0.4, -0.2) is 34.1 Å². The third-order valence-corrected chi connectivity index (χ3v) is 3.84. The summed E-state index contributed by atoms with van der Waals surface area (Å²) in [5, 5.41) is 11.4. The fraction of sp³-hybridized carbons (Fsp3) is 0.316. The predicted octanol–water partition coefficient (Wildman–Crippen LogP) is 2.51. The lowest BCUT2D eigenvalue weighted by Gasteiger charge is -2.08. The number of aromatic nitrogens is 3. The van der Waals surface area contributed by atoms with Crippen molar-refractivity contribution < 1.29 is 14.3 Å². The molecule has 1 aromatic heterocycles. The fourth-order valence-corrected chi connectivity index (χ4v) is 2.51. The van der Waals surface area contributed by atoms with Gasteiger partial charge < -0.3 is 14.8 Å². The zero-order valence-corrected chi connectivity index (χ0v) is 14.7. The summed E-state index contributed by atoms with van der Waals surface area (Å²) in [7, 11) is 0. The molecule has 1 N–H and O–H groups in total. The van der Waals surface area contributed by atoms with Crippen LogP contribution in [0.4, 0.5) is 0 Å². The number of carbonyl (C=O) groups is 1. The maximum atomic E-state index is 11.3. The molecule has 0 aliphatic heterocycles. The van der Waals surface area contributed by atoms with Gasteiger partial charge in [-0.15, -0.1) is 5.10 Å². The molecule has 0 aliphatic carbocycles. The summed E-state index contributed by atoms with van der Waals surface area (Å²) < 4.78 is 12.4. The SMILES string of the molecule is CCOC(=O)CCNCc1ccc(OCn2nnc3ccccc32)cc1. The van der Waals surface area contributed by atoms with E-state index in [1.807, 2.05) is 48.5 Å². The number of hydrogen-bond acceptors (Lipinski definition) is 6. The molecule has 0 unspecified atom stereocenters. The van der Waals surface area contributed by atoms with E-state index in [9.17, 15) is 4.79 Å². The first-order chi connectivity index (χ1) is 12.8. The topological polar surface area (TPSA) is 78.3 Å². The zero-order valence-electron chi connectivity index (χ0n) is 14.7. The van der Waals surface area contributed by atoms with Crippen LogP contribution in [0.3, 0.4) is 0 Å². The molecule has 0 spiro atoms. The molecule has 3 rings (SSSR count). The molecule has 3 aromatic rings. The maximum absolute atomic E-state index is 11.3. The molecule has 26 heavy (non-hydrogen) atoms. The molecule has 0 amide bonds. The van der Waals surface area contributed by atoms with Crippen LogP contribution < -0.4 is 10.1 Å². The van der Waals surface area contributed by atoms with E-state index >= 15 is 0 Å². The standard InChI is InChI=1S/C19H22N4O3/c1-2-25-19(24)11-12-20-13-15-7-9-16(10-8-15)26-14-23-18-6-4-3-5-17(18)21-22-23/h3-10,20H,2,11-14H2,1H3. The van der Waals surface area contributed by atoms with E-state index in [-0.39, 0.29) is 5.97 Å². The van der Waals surface area contributed by atoms with Crippen molar-refractivity contribution in [2.45, 2.75) is 26.6 Å². The minimum Gasteiger partial charge on any atom is -0.471 e. The van der Waals surface area contributed by atoms with Crippen LogP contribution in [0.25, 0.3) is 11.0 Å². The molecule has 0 radical (unpaired) electrons. The summed E-state index contributed by atoms with van der Waals surface area (Å²) in [6.45, 7) is 3.81. The molecule has 0 saturated heterocycles. The molecular formula is C19H22N4O3. The van der Waals surface area contributed by atoms with Crippen molar-refractivity contribution in [3.05, 3.63) is 54.1 Å². The van der Waals surface area contributed by atoms with Gasteiger partial charge in [-0.05, 0) is 36.8 Å². The van der Waals surface area contributed by atoms with Gasteiger partial charge in [0.25, 0.3) is 0 Å². The number of fused-ring (bicyclic) bond motifs is 1. The Morgan fingerprint density at radius 1 is 1.15 bits per heavy atom. The van der Waals surface area contributed by atoms with Gasteiger partial charge in [0.05, 0.1) is 18.5 Å². The molecule has 0 fully saturated rings. The molecule has 7 heteroatoms. The van der Waals surface area contributed by atoms with E-state index < -0.39 is 0 Å². The van der Waals surface area contributed by atoms with Gasteiger partial charge in [0.2, 0.25) is 0 Å². The van der Waals surface area contributed by atoms with Gasteiger partial charge in [-0.1, -0.05) is 29.5 Å². The van der Waals surface area contributed by atoms with Crippen LogP contribution in [0, 0.1) is 0 Å². The first-order valence-electron chi connectivity index (χ1n) is 8.62. The van der Waals surface area contributed by atoms with Crippen molar-refractivity contribution in [2.75, 3.05) is 13.2 Å². The molecule has 0 aliphatic rings. The largest absolute Gasteiger partial charge is 0.471 e. The van der Waals surface area contributed by atoms with E-state index in [1.165, 1.54) is 0 Å². The van der Waals surface area contributed by atoms with Gasteiger partial charge in [-0.3, -0.25) is 4.79 Å². The number of para-hydroxylation sites is 1. The van der Waals surface area contributed by atoms with Crippen molar-refractivity contribution >= 4 is 17.0 Å². The summed E-state index contributed by atoms with van der Waals surface area (Å²) in [4.78, 5) is 11.3. The van der Waals surface area contributed by atoms with Crippen LogP contribution in [0.5, 0.6) is 5.75 Å². The Hall–Kier alpha value is -2.93. The summed E-state index contributed by atoms with van der Waals surface area (Å²) >= 11 is 0. The van der Waals surface area contributed by atoms with E-state index in [1.54, 1.807) is 11.6 Å². The Balaban J connectivity index is 1.45. The second kappa shape index (κ2) is 8.96. The number of nitrogens with zero attached hydrogens (tertiary/aromatic N) is 3. The average Bonchev–Trinajstić information content (AvgIpc) is 3.08. The molecule has 0 bridgehead atoms. The van der Waals surface area contributed by atoms with Gasteiger partial charge >= 0.3 is 5.97 Å². The van der Waals surface area contributed by atoms with E-state index in [0.29, 0.717) is 32.8 Å². The molecular weight excluding hydrogens is 332 g/mol. The molecule has 2 aromatic carbocycles. The Labute approximate surface area is 151 Å². The lowest BCUT2D eigenvalue weighted by Crippen LogP contribution is -2.19. The highest BCUT2D eigenvalue weighted by Gasteiger charge is 2.04. The zero-order chi connectivity index (χ0) is 18.2. The number of hydrogen-bond donors (Lipinski definition) is 1. The third kappa shape index (κ3) is 4.80. The lowest BCUT2D eigenvalue weighted by molar-refractivity contribution is -0.142. The molecule has 7 nitrogen and oxygen atoms in total. The van der Waals surface area contributed by atoms with E-state index in [2.05, 4.69) is 15.6 Å². The van der Waals surface area contributed by atoms with Crippen LogP contribution in [0.2, 0.25) is 0 Å². The number of nitrogens with one attached hydrogen (secondary N) is 1. The Morgan fingerprint density at radius 2 is 1.96 bits per heavy atom. The predicted molar refractivity (Wildman–Crippen MR) is 97.6 cm³/mol. The summed E-state index contributed by atoms with van der Waals surface area (Å²) in [6.07, 6.45) is 0.376. The van der Waals surface area contributed by atoms with Crippen molar-refractivity contribution in [3.8, 4) is 5.75 Å². The average molecular weight is 354 g/mol. The number of rotatable bonds is 9. The Morgan fingerprint density at radius 3 is 2.77 bits per heavy atom. The van der Waals surface area contributed by atoms with Gasteiger partial charge in [0.15, 0.2) is 6.73 Å². The highest BCUT2D eigenvalue weighted by atomic mass is 16.5. The summed E-state index contributed by atoms with van der Waals surface area (Å²) in [5.41, 5.74) is 2.91. The second-order valence-corrected chi connectivity index (χ2v) is 5.73. The minimum absolute atomic E-state index is 0.176. The molecule has 1 heterocycles. The fourth-order valence-electron chi connectivity index (χ4n) is 2.51. The molecule has 0 atom stereocenters. The normalized spacial score (nSPS) is 10.8. The minimum atomic E-state index is -0.176. The smallest absolute Gasteiger partial charge is 0.307 e. The molecule has 136 valence electrons. The monoisotopic (exact) mass is 354 g/mol. The number of benzene rings is 2. The van der Waals surface area contributed by atoms with Crippen LogP contribution in [-0.2, 0) is 22.8 Å². The molecule has 0 saturated carbocycles. The van der Waals surface area contributed by atoms with Gasteiger partial charge in [0, 0.05) is 13.1 Å². The van der Waals surface area contributed by atoms with Crippen LogP contribution in [0.15, 0.2) is 48.5 Å².